The fourth-order valence-electron chi connectivity index (χ4n) is 3.40. The van der Waals surface area contributed by atoms with Crippen LogP contribution in [0, 0.1) is 5.41 Å². The van der Waals surface area contributed by atoms with Crippen molar-refractivity contribution in [2.24, 2.45) is 14.7 Å². The summed E-state index contributed by atoms with van der Waals surface area (Å²) in [7, 11) is 0.750. The molecule has 0 bridgehead atoms. The number of hydrazone groups is 1. The SMILES string of the molecule is CC1=NN(c2ccccc2)C(=N)/C1=C(/[S-])SN=Nc1ccc(S(=O)(=O)N2CCNCC2)cc1.[Cl][Ni]. The van der Waals surface area contributed by atoms with E-state index >= 15 is 0 Å². The Kier molecular flexibility index (Phi) is 10.2. The first-order valence-electron chi connectivity index (χ1n) is 10.3. The van der Waals surface area contributed by atoms with Gasteiger partial charge in [-0.05, 0) is 43.3 Å². The summed E-state index contributed by atoms with van der Waals surface area (Å²) < 4.78 is 31.4. The summed E-state index contributed by atoms with van der Waals surface area (Å²) in [5.41, 5.74) is 2.46. The van der Waals surface area contributed by atoms with E-state index in [0.29, 0.717) is 47.4 Å². The molecule has 0 unspecified atom stereocenters. The summed E-state index contributed by atoms with van der Waals surface area (Å²) in [6.07, 6.45) is 0. The Morgan fingerprint density at radius 1 is 1.14 bits per heavy atom. The molecule has 2 N–H and O–H groups in total. The van der Waals surface area contributed by atoms with Crippen molar-refractivity contribution in [1.82, 2.24) is 9.62 Å². The Morgan fingerprint density at radius 3 is 2.40 bits per heavy atom. The molecule has 0 atom stereocenters. The topological polar surface area (TPSA) is 114 Å². The summed E-state index contributed by atoms with van der Waals surface area (Å²) in [6, 6.07) is 15.7. The maximum absolute atomic E-state index is 12.7. The number of hydrogen-bond acceptors (Lipinski definition) is 9. The van der Waals surface area contributed by atoms with Crippen LogP contribution in [0.25, 0.3) is 0 Å². The van der Waals surface area contributed by atoms with E-state index in [2.05, 4.69) is 44.8 Å². The van der Waals surface area contributed by atoms with Crippen molar-refractivity contribution in [3.05, 3.63) is 64.4 Å². The fourth-order valence-corrected chi connectivity index (χ4v) is 5.73. The molecule has 9 nitrogen and oxygen atoms in total. The van der Waals surface area contributed by atoms with Crippen LogP contribution < -0.4 is 10.3 Å². The molecule has 4 rings (SSSR count). The van der Waals surface area contributed by atoms with E-state index in [1.807, 2.05) is 30.3 Å². The van der Waals surface area contributed by atoms with Crippen molar-refractivity contribution in [1.29, 1.82) is 5.41 Å². The van der Waals surface area contributed by atoms with Gasteiger partial charge in [-0.1, -0.05) is 18.2 Å². The first kappa shape index (κ1) is 27.7. The molecule has 14 heteroatoms. The third kappa shape index (κ3) is 6.68. The van der Waals surface area contributed by atoms with Gasteiger partial charge in [0.25, 0.3) is 0 Å². The molecule has 0 aromatic heterocycles. The number of piperazine rings is 1. The summed E-state index contributed by atoms with van der Waals surface area (Å²) >= 11 is 9.79. The number of para-hydroxylation sites is 1. The van der Waals surface area contributed by atoms with E-state index in [1.54, 1.807) is 19.1 Å². The Balaban J connectivity index is 0.00000167. The first-order chi connectivity index (χ1) is 16.9. The van der Waals surface area contributed by atoms with Gasteiger partial charge in [0.2, 0.25) is 10.0 Å². The Morgan fingerprint density at radius 2 is 1.77 bits per heavy atom. The molecule has 0 amide bonds. The van der Waals surface area contributed by atoms with Crippen molar-refractivity contribution in [3.63, 3.8) is 0 Å². The van der Waals surface area contributed by atoms with Crippen LogP contribution in [0.3, 0.4) is 0 Å². The molecule has 2 heterocycles. The quantitative estimate of drug-likeness (QED) is 0.223. The third-order valence-electron chi connectivity index (χ3n) is 5.10. The number of benzene rings is 2. The van der Waals surface area contributed by atoms with Gasteiger partial charge in [-0.15, -0.1) is 13.9 Å². The van der Waals surface area contributed by atoms with Gasteiger partial charge < -0.3 is 17.9 Å². The van der Waals surface area contributed by atoms with E-state index in [1.165, 1.54) is 21.4 Å². The number of hydrogen-bond donors (Lipinski definition) is 2. The zero-order chi connectivity index (χ0) is 25.4. The van der Waals surface area contributed by atoms with E-state index in [4.69, 9.17) is 18.0 Å². The van der Waals surface area contributed by atoms with E-state index in [9.17, 15) is 8.42 Å². The predicted molar refractivity (Wildman–Crippen MR) is 140 cm³/mol. The van der Waals surface area contributed by atoms with Gasteiger partial charge in [-0.25, -0.2) is 13.4 Å². The van der Waals surface area contributed by atoms with Crippen LogP contribution in [0.5, 0.6) is 0 Å². The molecule has 2 aliphatic heterocycles. The minimum absolute atomic E-state index is 0.189. The molecule has 0 radical (unpaired) electrons. The molecule has 189 valence electrons. The summed E-state index contributed by atoms with van der Waals surface area (Å²) in [4.78, 5) is 0.231. The molecule has 2 aromatic carbocycles. The van der Waals surface area contributed by atoms with Gasteiger partial charge in [0.1, 0.15) is 0 Å². The van der Waals surface area contributed by atoms with Crippen molar-refractivity contribution < 1.29 is 23.0 Å². The van der Waals surface area contributed by atoms with Crippen molar-refractivity contribution in [3.8, 4) is 0 Å². The number of amidine groups is 1. The standard InChI is InChI=1S/C21H23N7O2S3.ClH.Ni/c1-15-19(20(22)28(25-15)17-5-3-2-4-6-17)21(31)32-26-24-16-7-9-18(10-8-16)33(29,30)27-13-11-23-12-14-27;;/h2-10,22-23,31H,11-14H2,1H3;1H;/q;;+1/p-2/b21-19-,22-20?,26-24?;;. The molecule has 0 saturated carbocycles. The Labute approximate surface area is 226 Å². The molecule has 35 heavy (non-hydrogen) atoms. The monoisotopic (exact) mass is 593 g/mol. The molecule has 2 aromatic rings. The molecule has 1 saturated heterocycles. The number of nitrogens with zero attached hydrogens (tertiary/aromatic N) is 5. The molecule has 0 spiro atoms. The van der Waals surface area contributed by atoms with Crippen molar-refractivity contribution in [2.75, 3.05) is 31.2 Å². The zero-order valence-electron chi connectivity index (χ0n) is 18.5. The summed E-state index contributed by atoms with van der Waals surface area (Å²) in [5, 5.41) is 21.7. The van der Waals surface area contributed by atoms with Gasteiger partial charge in [0.05, 0.1) is 22.0 Å². The second-order valence-corrected chi connectivity index (χ2v) is 10.6. The Bertz CT molecular complexity index is 1230. The molecule has 1 fully saturated rings. The van der Waals surface area contributed by atoms with Crippen LogP contribution in [-0.2, 0) is 37.2 Å². The van der Waals surface area contributed by atoms with Crippen LogP contribution in [0.1, 0.15) is 6.92 Å². The minimum atomic E-state index is -3.51. The van der Waals surface area contributed by atoms with Gasteiger partial charge in [-0.3, -0.25) is 5.41 Å². The molecular formula is C21H22ClN7NiO2S3-. The van der Waals surface area contributed by atoms with E-state index in [0.717, 1.165) is 17.6 Å². The number of halogens is 1. The first-order valence-corrected chi connectivity index (χ1v) is 14.3. The normalized spacial score (nSPS) is 18.3. The second kappa shape index (κ2) is 12.9. The number of sulfonamides is 1. The predicted octanol–water partition coefficient (Wildman–Crippen LogP) is 4.33. The van der Waals surface area contributed by atoms with Crippen LogP contribution in [-0.4, -0.2) is 50.4 Å². The number of anilines is 1. The molecular weight excluding hydrogens is 573 g/mol. The summed E-state index contributed by atoms with van der Waals surface area (Å²) in [6.45, 7) is 4.00. The fraction of sp³-hybridized carbons (Fsp3) is 0.238. The molecule has 0 aliphatic carbocycles. The van der Waals surface area contributed by atoms with Gasteiger partial charge in [-0.2, -0.15) is 9.41 Å². The summed E-state index contributed by atoms with van der Waals surface area (Å²) in [5.74, 6) is 0.189. The van der Waals surface area contributed by atoms with Crippen LogP contribution in [0.15, 0.2) is 84.0 Å². The van der Waals surface area contributed by atoms with Crippen LogP contribution >= 0.6 is 22.1 Å². The van der Waals surface area contributed by atoms with E-state index < -0.39 is 10.0 Å². The van der Waals surface area contributed by atoms with Crippen LogP contribution in [0.4, 0.5) is 11.4 Å². The van der Waals surface area contributed by atoms with Gasteiger partial charge >= 0.3 is 24.8 Å². The molecule has 2 aliphatic rings. The van der Waals surface area contributed by atoms with E-state index in [-0.39, 0.29) is 10.7 Å². The maximum atomic E-state index is 12.7. The second-order valence-electron chi connectivity index (χ2n) is 7.26. The van der Waals surface area contributed by atoms with Gasteiger partial charge in [0, 0.05) is 43.7 Å². The van der Waals surface area contributed by atoms with Gasteiger partial charge in [0.15, 0.2) is 5.84 Å². The van der Waals surface area contributed by atoms with Crippen molar-refractivity contribution >= 4 is 67.7 Å². The average Bonchev–Trinajstić information content (AvgIpc) is 3.20. The Hall–Kier alpha value is -1.86. The van der Waals surface area contributed by atoms with Crippen LogP contribution in [0.2, 0.25) is 0 Å². The third-order valence-corrected chi connectivity index (χ3v) is 7.97. The number of nitrogens with one attached hydrogen (secondary N) is 2. The van der Waals surface area contributed by atoms with Crippen molar-refractivity contribution in [2.45, 2.75) is 11.8 Å². The average molecular weight is 595 g/mol. The zero-order valence-corrected chi connectivity index (χ0v) is 22.7. The number of rotatable bonds is 6.